The van der Waals surface area contributed by atoms with E-state index >= 15 is 0 Å². The lowest BCUT2D eigenvalue weighted by Gasteiger charge is -2.36. The van der Waals surface area contributed by atoms with E-state index in [1.165, 1.54) is 6.07 Å². The summed E-state index contributed by atoms with van der Waals surface area (Å²) in [5.74, 6) is -0.290. The number of aromatic nitrogens is 1. The average molecular weight is 298 g/mol. The Kier molecular flexibility index (Phi) is 3.94. The minimum atomic E-state index is -0.584. The van der Waals surface area contributed by atoms with Crippen molar-refractivity contribution >= 4 is 23.2 Å². The van der Waals surface area contributed by atoms with Gasteiger partial charge in [0.05, 0.1) is 10.5 Å². The van der Waals surface area contributed by atoms with Crippen LogP contribution in [0.2, 0.25) is 5.15 Å². The molecule has 2 heterocycles. The zero-order valence-corrected chi connectivity index (χ0v) is 12.2. The van der Waals surface area contributed by atoms with Gasteiger partial charge >= 0.3 is 0 Å². The van der Waals surface area contributed by atoms with Crippen molar-refractivity contribution in [3.63, 3.8) is 0 Å². The van der Waals surface area contributed by atoms with Crippen molar-refractivity contribution in [3.8, 4) is 0 Å². The molecular formula is C13H16ClN3O3. The van der Waals surface area contributed by atoms with E-state index in [0.717, 1.165) is 19.0 Å². The van der Waals surface area contributed by atoms with E-state index in [2.05, 4.69) is 18.8 Å². The van der Waals surface area contributed by atoms with Gasteiger partial charge in [-0.3, -0.25) is 14.9 Å². The minimum absolute atomic E-state index is 0.00503. The monoisotopic (exact) mass is 297 g/mol. The number of piperidine rings is 1. The van der Waals surface area contributed by atoms with Crippen molar-refractivity contribution < 1.29 is 9.72 Å². The average Bonchev–Trinajstić information content (AvgIpc) is 2.38. The van der Waals surface area contributed by atoms with Gasteiger partial charge in [-0.25, -0.2) is 4.98 Å². The molecule has 7 heteroatoms. The molecule has 1 aromatic heterocycles. The van der Waals surface area contributed by atoms with Crippen molar-refractivity contribution in [1.82, 2.24) is 9.88 Å². The van der Waals surface area contributed by atoms with E-state index in [1.54, 1.807) is 4.90 Å². The first-order valence-electron chi connectivity index (χ1n) is 6.39. The smallest absolute Gasteiger partial charge is 0.288 e. The standard InChI is InChI=1S/C13H16ClN3O3/c1-13(2)3-5-16(6-4-13)12(18)10-7-9(17(19)20)8-15-11(10)14/h7-8H,3-6H2,1-2H3. The molecule has 0 radical (unpaired) electrons. The van der Waals surface area contributed by atoms with Gasteiger partial charge in [-0.15, -0.1) is 0 Å². The maximum Gasteiger partial charge on any atom is 0.288 e. The van der Waals surface area contributed by atoms with Gasteiger partial charge in [-0.05, 0) is 18.3 Å². The predicted molar refractivity (Wildman–Crippen MR) is 74.8 cm³/mol. The molecule has 1 aliphatic rings. The van der Waals surface area contributed by atoms with Crippen LogP contribution < -0.4 is 0 Å². The normalized spacial score (nSPS) is 17.9. The molecule has 108 valence electrons. The number of carbonyl (C=O) groups excluding carboxylic acids is 1. The molecule has 20 heavy (non-hydrogen) atoms. The zero-order valence-electron chi connectivity index (χ0n) is 11.4. The first-order valence-corrected chi connectivity index (χ1v) is 6.77. The summed E-state index contributed by atoms with van der Waals surface area (Å²) in [6, 6.07) is 1.19. The predicted octanol–water partition coefficient (Wildman–Crippen LogP) is 2.91. The van der Waals surface area contributed by atoms with E-state index in [4.69, 9.17) is 11.6 Å². The lowest BCUT2D eigenvalue weighted by Crippen LogP contribution is -2.41. The summed E-state index contributed by atoms with van der Waals surface area (Å²) in [4.78, 5) is 27.9. The number of rotatable bonds is 2. The number of amides is 1. The molecule has 0 aliphatic carbocycles. The Labute approximate surface area is 121 Å². The lowest BCUT2D eigenvalue weighted by molar-refractivity contribution is -0.385. The third-order valence-electron chi connectivity index (χ3n) is 3.67. The summed E-state index contributed by atoms with van der Waals surface area (Å²) in [6.45, 7) is 5.59. The summed E-state index contributed by atoms with van der Waals surface area (Å²) in [7, 11) is 0. The third-order valence-corrected chi connectivity index (χ3v) is 3.97. The molecule has 0 unspecified atom stereocenters. The molecule has 1 amide bonds. The first-order chi connectivity index (χ1) is 9.30. The molecule has 1 aromatic rings. The molecule has 0 saturated carbocycles. The number of hydrogen-bond acceptors (Lipinski definition) is 4. The largest absolute Gasteiger partial charge is 0.339 e. The Morgan fingerprint density at radius 2 is 2.05 bits per heavy atom. The number of nitrogens with zero attached hydrogens (tertiary/aromatic N) is 3. The van der Waals surface area contributed by atoms with Gasteiger partial charge in [-0.2, -0.15) is 0 Å². The quantitative estimate of drug-likeness (QED) is 0.478. The summed E-state index contributed by atoms with van der Waals surface area (Å²) < 4.78 is 0. The number of pyridine rings is 1. The lowest BCUT2D eigenvalue weighted by atomic mass is 9.82. The highest BCUT2D eigenvalue weighted by atomic mass is 35.5. The zero-order chi connectivity index (χ0) is 14.9. The molecule has 2 rings (SSSR count). The van der Waals surface area contributed by atoms with Crippen LogP contribution in [0.5, 0.6) is 0 Å². The van der Waals surface area contributed by atoms with Gasteiger partial charge in [0.2, 0.25) is 0 Å². The van der Waals surface area contributed by atoms with E-state index in [-0.39, 0.29) is 27.7 Å². The number of likely N-dealkylation sites (tertiary alicyclic amines) is 1. The van der Waals surface area contributed by atoms with Crippen LogP contribution in [0.25, 0.3) is 0 Å². The Bertz CT molecular complexity index is 550. The molecule has 1 fully saturated rings. The summed E-state index contributed by atoms with van der Waals surface area (Å²) in [5, 5.41) is 10.8. The fourth-order valence-corrected chi connectivity index (χ4v) is 2.36. The highest BCUT2D eigenvalue weighted by Gasteiger charge is 2.30. The van der Waals surface area contributed by atoms with E-state index in [0.29, 0.717) is 13.1 Å². The molecule has 6 nitrogen and oxygen atoms in total. The topological polar surface area (TPSA) is 76.3 Å². The summed E-state index contributed by atoms with van der Waals surface area (Å²) >= 11 is 5.89. The van der Waals surface area contributed by atoms with Gasteiger partial charge in [0.25, 0.3) is 11.6 Å². The van der Waals surface area contributed by atoms with Crippen LogP contribution in [0.3, 0.4) is 0 Å². The Morgan fingerprint density at radius 1 is 1.45 bits per heavy atom. The van der Waals surface area contributed by atoms with Crippen LogP contribution in [0.1, 0.15) is 37.0 Å². The van der Waals surface area contributed by atoms with E-state index in [9.17, 15) is 14.9 Å². The maximum atomic E-state index is 12.4. The molecule has 0 aromatic carbocycles. The van der Waals surface area contributed by atoms with Crippen LogP contribution in [-0.2, 0) is 0 Å². The number of carbonyl (C=O) groups is 1. The highest BCUT2D eigenvalue weighted by molar-refractivity contribution is 6.32. The molecule has 0 N–H and O–H groups in total. The van der Waals surface area contributed by atoms with Crippen LogP contribution in [0.4, 0.5) is 5.69 Å². The molecular weight excluding hydrogens is 282 g/mol. The van der Waals surface area contributed by atoms with Gasteiger partial charge in [0, 0.05) is 19.2 Å². The SMILES string of the molecule is CC1(C)CCN(C(=O)c2cc([N+](=O)[O-])cnc2Cl)CC1. The van der Waals surface area contributed by atoms with Crippen LogP contribution >= 0.6 is 11.6 Å². The van der Waals surface area contributed by atoms with Crippen molar-refractivity contribution in [2.24, 2.45) is 5.41 Å². The number of nitro groups is 1. The third kappa shape index (κ3) is 3.07. The Hall–Kier alpha value is -1.69. The molecule has 0 spiro atoms. The Morgan fingerprint density at radius 3 is 2.60 bits per heavy atom. The van der Waals surface area contributed by atoms with Gasteiger partial charge < -0.3 is 4.90 Å². The second kappa shape index (κ2) is 5.36. The molecule has 1 aliphatic heterocycles. The summed E-state index contributed by atoms with van der Waals surface area (Å²) in [6.07, 6.45) is 2.86. The van der Waals surface area contributed by atoms with Gasteiger partial charge in [0.15, 0.2) is 0 Å². The summed E-state index contributed by atoms with van der Waals surface area (Å²) in [5.41, 5.74) is 0.0947. The van der Waals surface area contributed by atoms with Gasteiger partial charge in [0.1, 0.15) is 11.3 Å². The van der Waals surface area contributed by atoms with Crippen molar-refractivity contribution in [3.05, 3.63) is 33.1 Å². The molecule has 0 bridgehead atoms. The minimum Gasteiger partial charge on any atom is -0.339 e. The van der Waals surface area contributed by atoms with Crippen molar-refractivity contribution in [1.29, 1.82) is 0 Å². The van der Waals surface area contributed by atoms with Gasteiger partial charge in [-0.1, -0.05) is 25.4 Å². The van der Waals surface area contributed by atoms with E-state index < -0.39 is 4.92 Å². The maximum absolute atomic E-state index is 12.4. The molecule has 1 saturated heterocycles. The fraction of sp³-hybridized carbons (Fsp3) is 0.538. The number of hydrogen-bond donors (Lipinski definition) is 0. The van der Waals surface area contributed by atoms with Crippen LogP contribution in [-0.4, -0.2) is 33.8 Å². The second-order valence-electron chi connectivity index (χ2n) is 5.75. The first kappa shape index (κ1) is 14.7. The van der Waals surface area contributed by atoms with E-state index in [1.807, 2.05) is 0 Å². The van der Waals surface area contributed by atoms with Crippen molar-refractivity contribution in [2.75, 3.05) is 13.1 Å². The van der Waals surface area contributed by atoms with Crippen LogP contribution in [0.15, 0.2) is 12.3 Å². The van der Waals surface area contributed by atoms with Crippen molar-refractivity contribution in [2.45, 2.75) is 26.7 Å². The highest BCUT2D eigenvalue weighted by Crippen LogP contribution is 2.31. The molecule has 0 atom stereocenters. The Balaban J connectivity index is 2.21. The fourth-order valence-electron chi connectivity index (χ4n) is 2.17. The number of halogens is 1. The van der Waals surface area contributed by atoms with Crippen LogP contribution in [0, 0.1) is 15.5 Å². The second-order valence-corrected chi connectivity index (χ2v) is 6.10.